The van der Waals surface area contributed by atoms with Crippen LogP contribution in [0.15, 0.2) is 24.3 Å². The predicted octanol–water partition coefficient (Wildman–Crippen LogP) is 2.36. The van der Waals surface area contributed by atoms with Crippen molar-refractivity contribution in [2.75, 3.05) is 12.8 Å². The van der Waals surface area contributed by atoms with E-state index in [-0.39, 0.29) is 0 Å². The molecule has 0 spiro atoms. The van der Waals surface area contributed by atoms with Crippen molar-refractivity contribution < 1.29 is 8.42 Å². The molecule has 1 atom stereocenters. The number of hydrogen-bond acceptors (Lipinski definition) is 3. The molecule has 1 aliphatic rings. The van der Waals surface area contributed by atoms with Gasteiger partial charge in [-0.2, -0.15) is 0 Å². The number of hydrogen-bond donors (Lipinski definition) is 2. The third-order valence-electron chi connectivity index (χ3n) is 3.76. The monoisotopic (exact) mass is 310 g/mol. The van der Waals surface area contributed by atoms with Gasteiger partial charge in [0.25, 0.3) is 0 Å². The van der Waals surface area contributed by atoms with E-state index < -0.39 is 15.6 Å². The Balaban J connectivity index is 2.02. The molecular weight excluding hydrogens is 284 g/mol. The van der Waals surface area contributed by atoms with Crippen LogP contribution in [0.5, 0.6) is 0 Å². The molecule has 1 unspecified atom stereocenters. The van der Waals surface area contributed by atoms with Crippen molar-refractivity contribution in [3.05, 3.63) is 35.4 Å². The summed E-state index contributed by atoms with van der Waals surface area (Å²) in [5.74, 6) is 0.668. The minimum atomic E-state index is -3.19. The molecule has 1 fully saturated rings. The van der Waals surface area contributed by atoms with E-state index in [1.807, 2.05) is 13.8 Å². The van der Waals surface area contributed by atoms with E-state index in [4.69, 9.17) is 0 Å². The molecule has 4 nitrogen and oxygen atoms in total. The number of nitrogens with one attached hydrogen (secondary N) is 2. The average molecular weight is 310 g/mol. The van der Waals surface area contributed by atoms with E-state index >= 15 is 0 Å². The highest BCUT2D eigenvalue weighted by Gasteiger charge is 2.33. The van der Waals surface area contributed by atoms with Crippen LogP contribution in [-0.2, 0) is 10.0 Å². The summed E-state index contributed by atoms with van der Waals surface area (Å²) in [4.78, 5) is 0. The van der Waals surface area contributed by atoms with Crippen LogP contribution >= 0.6 is 0 Å². The molecule has 0 aliphatic heterocycles. The summed E-state index contributed by atoms with van der Waals surface area (Å²) in [5.41, 5.74) is 2.05. The zero-order valence-electron chi connectivity index (χ0n) is 13.3. The summed E-state index contributed by atoms with van der Waals surface area (Å²) in [5, 5.41) is 3.55. The Morgan fingerprint density at radius 1 is 1.24 bits per heavy atom. The maximum absolute atomic E-state index is 11.4. The molecule has 0 aromatic heterocycles. The maximum atomic E-state index is 11.4. The molecule has 1 aromatic rings. The molecule has 0 amide bonds. The Hall–Kier alpha value is -0.910. The van der Waals surface area contributed by atoms with Gasteiger partial charge in [0.05, 0.1) is 6.26 Å². The van der Waals surface area contributed by atoms with Gasteiger partial charge >= 0.3 is 0 Å². The fourth-order valence-corrected chi connectivity index (χ4v) is 3.74. The lowest BCUT2D eigenvalue weighted by atomic mass is 9.99. The second kappa shape index (κ2) is 6.07. The summed E-state index contributed by atoms with van der Waals surface area (Å²) in [6, 6.07) is 8.91. The highest BCUT2D eigenvalue weighted by atomic mass is 32.2. The minimum absolute atomic E-state index is 0.311. The molecular formula is C16H26N2O2S. The first-order valence-electron chi connectivity index (χ1n) is 7.45. The highest BCUT2D eigenvalue weighted by Crippen LogP contribution is 2.41. The lowest BCUT2D eigenvalue weighted by Gasteiger charge is -2.29. The number of aryl methyl sites for hydroxylation is 1. The highest BCUT2D eigenvalue weighted by molar-refractivity contribution is 7.88. The van der Waals surface area contributed by atoms with Crippen molar-refractivity contribution in [1.29, 1.82) is 0 Å². The molecule has 1 aliphatic carbocycles. The fraction of sp³-hybridized carbons (Fsp3) is 0.625. The normalized spacial score (nSPS) is 17.7. The standard InChI is InChI=1S/C16H26N2O2S/c1-12-5-7-13(8-6-12)15(14-9-10-14)17-11-16(2,3)18-21(4,19)20/h5-8,14-15,17-18H,9-11H2,1-4H3. The Bertz CT molecular complexity index is 575. The molecule has 0 saturated heterocycles. The third kappa shape index (κ3) is 5.41. The van der Waals surface area contributed by atoms with Crippen LogP contribution in [0.2, 0.25) is 0 Å². The Labute approximate surface area is 128 Å². The second-order valence-corrected chi connectivity index (χ2v) is 8.61. The van der Waals surface area contributed by atoms with Gasteiger partial charge in [-0.05, 0) is 45.1 Å². The van der Waals surface area contributed by atoms with E-state index in [2.05, 4.69) is 41.2 Å². The van der Waals surface area contributed by atoms with Gasteiger partial charge in [0.1, 0.15) is 0 Å². The lowest BCUT2D eigenvalue weighted by molar-refractivity contribution is 0.374. The van der Waals surface area contributed by atoms with E-state index in [0.717, 1.165) is 0 Å². The molecule has 1 aromatic carbocycles. The van der Waals surface area contributed by atoms with Crippen LogP contribution in [-0.4, -0.2) is 26.8 Å². The van der Waals surface area contributed by atoms with Gasteiger partial charge in [-0.25, -0.2) is 13.1 Å². The zero-order chi connectivity index (χ0) is 15.7. The first kappa shape index (κ1) is 16.5. The van der Waals surface area contributed by atoms with Crippen LogP contribution in [0.4, 0.5) is 0 Å². The smallest absolute Gasteiger partial charge is 0.209 e. The second-order valence-electron chi connectivity index (χ2n) is 6.86. The number of sulfonamides is 1. The first-order chi connectivity index (χ1) is 9.66. The van der Waals surface area contributed by atoms with Crippen LogP contribution in [0.3, 0.4) is 0 Å². The largest absolute Gasteiger partial charge is 0.308 e. The van der Waals surface area contributed by atoms with Gasteiger partial charge in [0.2, 0.25) is 10.0 Å². The molecule has 21 heavy (non-hydrogen) atoms. The van der Waals surface area contributed by atoms with Gasteiger partial charge in [-0.1, -0.05) is 29.8 Å². The molecule has 1 saturated carbocycles. The van der Waals surface area contributed by atoms with Gasteiger partial charge in [0.15, 0.2) is 0 Å². The number of rotatable bonds is 7. The number of benzene rings is 1. The fourth-order valence-electron chi connectivity index (χ4n) is 2.66. The third-order valence-corrected chi connectivity index (χ3v) is 4.68. The zero-order valence-corrected chi connectivity index (χ0v) is 14.1. The van der Waals surface area contributed by atoms with Crippen LogP contribution in [0.25, 0.3) is 0 Å². The van der Waals surface area contributed by atoms with E-state index in [0.29, 0.717) is 18.5 Å². The summed E-state index contributed by atoms with van der Waals surface area (Å²) in [6.45, 7) is 6.50. The van der Waals surface area contributed by atoms with Crippen LogP contribution in [0.1, 0.15) is 43.9 Å². The van der Waals surface area contributed by atoms with E-state index in [1.54, 1.807) is 0 Å². The molecule has 5 heteroatoms. The molecule has 0 radical (unpaired) electrons. The molecule has 0 heterocycles. The van der Waals surface area contributed by atoms with Crippen molar-refractivity contribution in [3.63, 3.8) is 0 Å². The van der Waals surface area contributed by atoms with Crippen LogP contribution in [0, 0.1) is 12.8 Å². The van der Waals surface area contributed by atoms with Crippen molar-refractivity contribution in [3.8, 4) is 0 Å². The van der Waals surface area contributed by atoms with E-state index in [1.165, 1.54) is 30.2 Å². The predicted molar refractivity (Wildman–Crippen MR) is 86.7 cm³/mol. The van der Waals surface area contributed by atoms with Gasteiger partial charge in [-0.3, -0.25) is 0 Å². The van der Waals surface area contributed by atoms with Crippen molar-refractivity contribution in [2.45, 2.75) is 45.2 Å². The van der Waals surface area contributed by atoms with Gasteiger partial charge in [-0.15, -0.1) is 0 Å². The summed E-state index contributed by atoms with van der Waals surface area (Å²) >= 11 is 0. The quantitative estimate of drug-likeness (QED) is 0.813. The lowest BCUT2D eigenvalue weighted by Crippen LogP contribution is -2.50. The molecule has 2 rings (SSSR count). The minimum Gasteiger partial charge on any atom is -0.308 e. The van der Waals surface area contributed by atoms with Gasteiger partial charge in [0, 0.05) is 18.1 Å². The van der Waals surface area contributed by atoms with E-state index in [9.17, 15) is 8.42 Å². The summed E-state index contributed by atoms with van der Waals surface area (Å²) < 4.78 is 25.5. The molecule has 2 N–H and O–H groups in total. The average Bonchev–Trinajstić information content (AvgIpc) is 3.12. The Morgan fingerprint density at radius 3 is 2.29 bits per heavy atom. The van der Waals surface area contributed by atoms with Crippen molar-refractivity contribution in [2.24, 2.45) is 5.92 Å². The molecule has 118 valence electrons. The topological polar surface area (TPSA) is 58.2 Å². The van der Waals surface area contributed by atoms with Crippen molar-refractivity contribution >= 4 is 10.0 Å². The summed E-state index contributed by atoms with van der Waals surface area (Å²) in [6.07, 6.45) is 3.68. The Kier molecular flexibility index (Phi) is 4.76. The maximum Gasteiger partial charge on any atom is 0.209 e. The Morgan fingerprint density at radius 2 is 1.81 bits per heavy atom. The summed E-state index contributed by atoms with van der Waals surface area (Å²) in [7, 11) is -3.19. The van der Waals surface area contributed by atoms with Crippen molar-refractivity contribution in [1.82, 2.24) is 10.0 Å². The van der Waals surface area contributed by atoms with Gasteiger partial charge < -0.3 is 5.32 Å². The molecule has 0 bridgehead atoms. The first-order valence-corrected chi connectivity index (χ1v) is 9.34. The SMILES string of the molecule is Cc1ccc(C(NCC(C)(C)NS(C)(=O)=O)C2CC2)cc1. The van der Waals surface area contributed by atoms with Crippen LogP contribution < -0.4 is 10.0 Å².